The van der Waals surface area contributed by atoms with Gasteiger partial charge in [0.05, 0.1) is 28.1 Å². The van der Waals surface area contributed by atoms with Crippen molar-refractivity contribution in [2.45, 2.75) is 115 Å². The summed E-state index contributed by atoms with van der Waals surface area (Å²) in [5.74, 6) is -2.66. The molecule has 0 aliphatic carbocycles. The van der Waals surface area contributed by atoms with Crippen molar-refractivity contribution in [2.24, 2.45) is 10.8 Å². The van der Waals surface area contributed by atoms with Gasteiger partial charge in [-0.2, -0.15) is 30.0 Å². The van der Waals surface area contributed by atoms with Gasteiger partial charge in [-0.15, -0.1) is 0 Å². The SMILES string of the molecule is CC(=O)N[C@@H](CCCCCC(=O)CCSCc1cccc(C(=O)Nc2ccc(N3CCCCC3)cc2C(=O)N/N=C/c2ccc(Cl)c(C(F)(F)F)c2)c1)C(=O)O.CC(=O)N[C@@H](CCCCN)C(=O)O. The number of carbonyl (C=O) groups excluding carboxylic acids is 5. The summed E-state index contributed by atoms with van der Waals surface area (Å²) < 4.78 is 40.0. The number of hydrogen-bond donors (Lipinski definition) is 7. The number of alkyl halides is 3. The molecule has 0 unspecified atom stereocenters. The Bertz CT molecular complexity index is 2260. The first-order chi connectivity index (χ1) is 32.8. The van der Waals surface area contributed by atoms with Crippen LogP contribution in [0.25, 0.3) is 0 Å². The Kier molecular flexibility index (Phi) is 24.8. The van der Waals surface area contributed by atoms with E-state index >= 15 is 0 Å². The number of aliphatic carboxylic acids is 2. The van der Waals surface area contributed by atoms with Gasteiger partial charge in [-0.05, 0) is 112 Å². The fourth-order valence-electron chi connectivity index (χ4n) is 7.09. The molecule has 1 aliphatic rings. The molecule has 1 aliphatic heterocycles. The van der Waals surface area contributed by atoms with E-state index in [2.05, 4.69) is 31.4 Å². The molecule has 21 heteroatoms. The van der Waals surface area contributed by atoms with E-state index in [4.69, 9.17) is 22.4 Å². The predicted molar refractivity (Wildman–Crippen MR) is 261 cm³/mol. The van der Waals surface area contributed by atoms with Gasteiger partial charge in [0, 0.05) is 62.5 Å². The highest BCUT2D eigenvalue weighted by Gasteiger charge is 2.33. The standard InChI is InChI=1S/C40H45ClF3N5O6S.C8H16N2O3/c1-26(50)46-36(39(54)55)12-5-2-4-11-31(51)17-20-56-25-28-9-8-10-29(21-28)37(52)47-35-16-14-30(49-18-6-3-7-19-49)23-32(35)38(53)48-45-24-27-13-15-34(41)33(22-27)40(42,43)44;1-6(11)10-7(8(12)13)4-2-3-5-9/h8-10,13-16,21-24,36H,2-7,11-12,17-20,25H2,1H3,(H,46,50)(H,47,52)(H,48,53)(H,54,55);7H,2-5,9H2,1H3,(H,10,11)(H,12,13)/b45-24+;/t36-;7-/m00/s1. The van der Waals surface area contributed by atoms with Gasteiger partial charge in [0.2, 0.25) is 11.8 Å². The Morgan fingerprint density at radius 3 is 2.07 bits per heavy atom. The number of carbonyl (C=O) groups is 7. The van der Waals surface area contributed by atoms with Crippen LogP contribution >= 0.6 is 23.4 Å². The number of thioether (sulfide) groups is 1. The van der Waals surface area contributed by atoms with Crippen LogP contribution in [0.1, 0.15) is 128 Å². The summed E-state index contributed by atoms with van der Waals surface area (Å²) >= 11 is 7.27. The number of carboxylic acids is 2. The van der Waals surface area contributed by atoms with Crippen LogP contribution in [0.2, 0.25) is 5.02 Å². The monoisotopic (exact) mass is 1000 g/mol. The van der Waals surface area contributed by atoms with Crippen LogP contribution in [0.3, 0.4) is 0 Å². The lowest BCUT2D eigenvalue weighted by Crippen LogP contribution is -2.39. The number of nitrogens with one attached hydrogen (secondary N) is 4. The smallest absolute Gasteiger partial charge is 0.417 e. The summed E-state index contributed by atoms with van der Waals surface area (Å²) in [7, 11) is 0. The topological polar surface area (TPSA) is 250 Å². The number of carboxylic acid groups (broad SMARTS) is 2. The fraction of sp³-hybridized carbons (Fsp3) is 0.458. The number of Topliss-reactive ketones (excluding diaryl/α,β-unsaturated/α-hetero) is 1. The number of nitrogens with zero attached hydrogens (tertiary/aromatic N) is 2. The van der Waals surface area contributed by atoms with Gasteiger partial charge in [0.15, 0.2) is 0 Å². The summed E-state index contributed by atoms with van der Waals surface area (Å²) in [5.41, 5.74) is 9.03. The lowest BCUT2D eigenvalue weighted by atomic mass is 10.1. The number of benzene rings is 3. The number of hydrogen-bond acceptors (Lipinski definition) is 11. The van der Waals surface area contributed by atoms with Crippen LogP contribution < -0.4 is 32.0 Å². The number of unbranched alkanes of at least 4 members (excludes halogenated alkanes) is 3. The summed E-state index contributed by atoms with van der Waals surface area (Å²) in [6, 6.07) is 13.7. The van der Waals surface area contributed by atoms with Gasteiger partial charge < -0.3 is 36.8 Å². The van der Waals surface area contributed by atoms with E-state index in [9.17, 15) is 51.8 Å². The van der Waals surface area contributed by atoms with E-state index in [0.29, 0.717) is 75.0 Å². The van der Waals surface area contributed by atoms with Crippen molar-refractivity contribution in [2.75, 3.05) is 35.6 Å². The average Bonchev–Trinajstić information content (AvgIpc) is 3.30. The minimum Gasteiger partial charge on any atom is -0.480 e. The molecule has 3 aromatic rings. The number of piperidine rings is 1. The molecule has 4 amide bonds. The third kappa shape index (κ3) is 21.5. The molecule has 69 heavy (non-hydrogen) atoms. The maximum Gasteiger partial charge on any atom is 0.417 e. The summed E-state index contributed by atoms with van der Waals surface area (Å²) in [4.78, 5) is 85.0. The Morgan fingerprint density at radius 2 is 1.46 bits per heavy atom. The largest absolute Gasteiger partial charge is 0.480 e. The predicted octanol–water partition coefficient (Wildman–Crippen LogP) is 7.80. The highest BCUT2D eigenvalue weighted by Crippen LogP contribution is 2.35. The van der Waals surface area contributed by atoms with E-state index in [1.165, 1.54) is 19.9 Å². The highest BCUT2D eigenvalue weighted by atomic mass is 35.5. The molecule has 0 bridgehead atoms. The Hall–Kier alpha value is -5.99. The summed E-state index contributed by atoms with van der Waals surface area (Å²) in [6.45, 7) is 4.74. The molecular formula is C48H61ClF3N7O9S. The lowest BCUT2D eigenvalue weighted by Gasteiger charge is -2.29. The zero-order chi connectivity index (χ0) is 50.9. The Morgan fingerprint density at radius 1 is 0.812 bits per heavy atom. The fourth-order valence-corrected chi connectivity index (χ4v) is 8.24. The molecular weight excluding hydrogens is 943 g/mol. The average molecular weight is 1000 g/mol. The normalized spacial score (nSPS) is 13.3. The van der Waals surface area contributed by atoms with Crippen molar-refractivity contribution in [3.8, 4) is 0 Å². The molecule has 376 valence electrons. The van der Waals surface area contributed by atoms with Crippen LogP contribution in [0, 0.1) is 0 Å². The van der Waals surface area contributed by atoms with Gasteiger partial charge in [0.1, 0.15) is 17.9 Å². The second-order valence-electron chi connectivity index (χ2n) is 16.3. The van der Waals surface area contributed by atoms with Gasteiger partial charge >= 0.3 is 18.1 Å². The van der Waals surface area contributed by atoms with Crippen molar-refractivity contribution in [1.82, 2.24) is 16.1 Å². The van der Waals surface area contributed by atoms with Crippen LogP contribution in [0.4, 0.5) is 24.5 Å². The molecule has 8 N–H and O–H groups in total. The number of ketones is 1. The zero-order valence-corrected chi connectivity index (χ0v) is 40.2. The number of halogens is 4. The number of amides is 4. The quantitative estimate of drug-likeness (QED) is 0.0244. The second-order valence-corrected chi connectivity index (χ2v) is 17.8. The van der Waals surface area contributed by atoms with Crippen molar-refractivity contribution in [3.63, 3.8) is 0 Å². The van der Waals surface area contributed by atoms with Gasteiger partial charge in [-0.3, -0.25) is 24.0 Å². The second kappa shape index (κ2) is 29.8. The van der Waals surface area contributed by atoms with E-state index in [1.807, 2.05) is 12.1 Å². The minimum absolute atomic E-state index is 0.0729. The van der Waals surface area contributed by atoms with Gasteiger partial charge in [-0.25, -0.2) is 15.0 Å². The van der Waals surface area contributed by atoms with Crippen molar-refractivity contribution in [3.05, 3.63) is 93.5 Å². The first-order valence-corrected chi connectivity index (χ1v) is 24.1. The molecule has 4 rings (SSSR count). The number of rotatable bonds is 25. The van der Waals surface area contributed by atoms with Crippen LogP contribution in [0.5, 0.6) is 0 Å². The molecule has 2 atom stereocenters. The van der Waals surface area contributed by atoms with Crippen molar-refractivity contribution >= 4 is 82.3 Å². The molecule has 1 saturated heterocycles. The highest BCUT2D eigenvalue weighted by molar-refractivity contribution is 7.98. The van der Waals surface area contributed by atoms with E-state index in [1.54, 1.807) is 42.1 Å². The summed E-state index contributed by atoms with van der Waals surface area (Å²) in [6.07, 6.45) is 4.42. The van der Waals surface area contributed by atoms with Crippen LogP contribution in [-0.4, -0.2) is 95.2 Å². The lowest BCUT2D eigenvalue weighted by molar-refractivity contribution is -0.142. The third-order valence-electron chi connectivity index (χ3n) is 10.6. The third-order valence-corrected chi connectivity index (χ3v) is 12.0. The molecule has 3 aromatic carbocycles. The molecule has 0 aromatic heterocycles. The van der Waals surface area contributed by atoms with Gasteiger partial charge in [0.25, 0.3) is 11.8 Å². The molecule has 0 saturated carbocycles. The van der Waals surface area contributed by atoms with Crippen LogP contribution in [-0.2, 0) is 35.9 Å². The van der Waals surface area contributed by atoms with Crippen molar-refractivity contribution in [1.29, 1.82) is 0 Å². The summed E-state index contributed by atoms with van der Waals surface area (Å²) in [5, 5.41) is 28.9. The first kappa shape index (κ1) is 57.3. The molecule has 16 nitrogen and oxygen atoms in total. The molecule has 1 fully saturated rings. The van der Waals surface area contributed by atoms with E-state index < -0.39 is 58.5 Å². The molecule has 0 radical (unpaired) electrons. The van der Waals surface area contributed by atoms with Gasteiger partial charge in [-0.1, -0.05) is 42.6 Å². The first-order valence-electron chi connectivity index (χ1n) is 22.6. The molecule has 0 spiro atoms. The number of nitrogens with two attached hydrogens (primary N) is 1. The molecule has 1 heterocycles. The number of anilines is 2. The zero-order valence-electron chi connectivity index (χ0n) is 38.7. The van der Waals surface area contributed by atoms with Crippen molar-refractivity contribution < 1.29 is 56.9 Å². The van der Waals surface area contributed by atoms with E-state index in [-0.39, 0.29) is 28.5 Å². The number of hydrazone groups is 1. The minimum atomic E-state index is -4.66. The Balaban J connectivity index is 0.000000844. The van der Waals surface area contributed by atoms with Crippen LogP contribution in [0.15, 0.2) is 65.8 Å². The Labute approximate surface area is 408 Å². The maximum atomic E-state index is 13.5. The maximum absolute atomic E-state index is 13.5. The van der Waals surface area contributed by atoms with E-state index in [0.717, 1.165) is 68.4 Å².